The highest BCUT2D eigenvalue weighted by atomic mass is 35.5. The van der Waals surface area contributed by atoms with Gasteiger partial charge in [-0.2, -0.15) is 0 Å². The standard InChI is InChI=1S/C10H13Cl/c11-10-5-3-9(4-6-10)7-8-1-2-8/h3-5,8,10H,1-2,6-7H2. The van der Waals surface area contributed by atoms with Crippen molar-refractivity contribution >= 4 is 11.6 Å². The molecule has 0 radical (unpaired) electrons. The Labute approximate surface area is 72.9 Å². The summed E-state index contributed by atoms with van der Waals surface area (Å²) in [7, 11) is 0. The summed E-state index contributed by atoms with van der Waals surface area (Å²) < 4.78 is 0. The fourth-order valence-corrected chi connectivity index (χ4v) is 1.61. The molecule has 1 unspecified atom stereocenters. The second-order valence-electron chi connectivity index (χ2n) is 3.54. The molecule has 0 saturated heterocycles. The number of rotatable bonds is 2. The van der Waals surface area contributed by atoms with Crippen molar-refractivity contribution < 1.29 is 0 Å². The predicted octanol–water partition coefficient (Wildman–Crippen LogP) is 3.28. The van der Waals surface area contributed by atoms with E-state index in [-0.39, 0.29) is 5.38 Å². The van der Waals surface area contributed by atoms with Crippen LogP contribution in [0, 0.1) is 5.92 Å². The first-order valence-corrected chi connectivity index (χ1v) is 4.79. The normalized spacial score (nSPS) is 30.3. The van der Waals surface area contributed by atoms with Crippen LogP contribution in [0.5, 0.6) is 0 Å². The second kappa shape index (κ2) is 3.02. The molecule has 0 heterocycles. The van der Waals surface area contributed by atoms with Crippen molar-refractivity contribution in [2.24, 2.45) is 5.92 Å². The van der Waals surface area contributed by atoms with Crippen molar-refractivity contribution in [2.45, 2.75) is 31.1 Å². The SMILES string of the molecule is ClC1C=CC(CC2CC2)=CC1. The molecule has 60 valence electrons. The van der Waals surface area contributed by atoms with E-state index in [0.29, 0.717) is 0 Å². The van der Waals surface area contributed by atoms with Gasteiger partial charge in [0.15, 0.2) is 0 Å². The van der Waals surface area contributed by atoms with Gasteiger partial charge >= 0.3 is 0 Å². The molecule has 1 saturated carbocycles. The summed E-state index contributed by atoms with van der Waals surface area (Å²) in [6.07, 6.45) is 11.8. The zero-order valence-corrected chi connectivity index (χ0v) is 7.35. The molecule has 2 rings (SSSR count). The summed E-state index contributed by atoms with van der Waals surface area (Å²) in [6.45, 7) is 0. The van der Waals surface area contributed by atoms with Gasteiger partial charge in [-0.25, -0.2) is 0 Å². The predicted molar refractivity (Wildman–Crippen MR) is 48.8 cm³/mol. The summed E-state index contributed by atoms with van der Waals surface area (Å²) in [5.74, 6) is 0.998. The Kier molecular flexibility index (Phi) is 2.04. The van der Waals surface area contributed by atoms with Crippen LogP contribution in [0.4, 0.5) is 0 Å². The van der Waals surface area contributed by atoms with Gasteiger partial charge in [-0.3, -0.25) is 0 Å². The zero-order chi connectivity index (χ0) is 7.68. The van der Waals surface area contributed by atoms with Gasteiger partial charge in [0.25, 0.3) is 0 Å². The lowest BCUT2D eigenvalue weighted by atomic mass is 10.0. The van der Waals surface area contributed by atoms with Gasteiger partial charge in [0.1, 0.15) is 0 Å². The zero-order valence-electron chi connectivity index (χ0n) is 6.59. The van der Waals surface area contributed by atoms with Crippen LogP contribution in [-0.2, 0) is 0 Å². The van der Waals surface area contributed by atoms with E-state index >= 15 is 0 Å². The Bertz CT molecular complexity index is 199. The molecule has 0 amide bonds. The lowest BCUT2D eigenvalue weighted by molar-refractivity contribution is 0.821. The van der Waals surface area contributed by atoms with Crippen molar-refractivity contribution in [2.75, 3.05) is 0 Å². The molecule has 0 spiro atoms. The van der Waals surface area contributed by atoms with E-state index in [1.54, 1.807) is 0 Å². The molecule has 0 aliphatic heterocycles. The van der Waals surface area contributed by atoms with Crippen LogP contribution in [0.2, 0.25) is 0 Å². The van der Waals surface area contributed by atoms with Crippen molar-refractivity contribution in [3.8, 4) is 0 Å². The summed E-state index contributed by atoms with van der Waals surface area (Å²) in [5, 5.41) is 0.248. The van der Waals surface area contributed by atoms with Gasteiger partial charge in [-0.05, 0) is 31.6 Å². The van der Waals surface area contributed by atoms with Gasteiger partial charge in [-0.1, -0.05) is 23.8 Å². The third kappa shape index (κ3) is 2.10. The van der Waals surface area contributed by atoms with E-state index in [0.717, 1.165) is 12.3 Å². The van der Waals surface area contributed by atoms with Gasteiger partial charge in [-0.15, -0.1) is 11.6 Å². The Morgan fingerprint density at radius 1 is 1.45 bits per heavy atom. The smallest absolute Gasteiger partial charge is 0.0553 e. The summed E-state index contributed by atoms with van der Waals surface area (Å²) in [4.78, 5) is 0. The minimum atomic E-state index is 0.248. The van der Waals surface area contributed by atoms with Crippen molar-refractivity contribution in [3.63, 3.8) is 0 Å². The van der Waals surface area contributed by atoms with Crippen molar-refractivity contribution in [1.82, 2.24) is 0 Å². The van der Waals surface area contributed by atoms with Gasteiger partial charge in [0.2, 0.25) is 0 Å². The molecule has 2 aliphatic carbocycles. The summed E-state index contributed by atoms with van der Waals surface area (Å²) in [6, 6.07) is 0. The van der Waals surface area contributed by atoms with E-state index in [1.807, 2.05) is 0 Å². The number of allylic oxidation sites excluding steroid dienone is 4. The first kappa shape index (κ1) is 7.42. The number of alkyl halides is 1. The maximum absolute atomic E-state index is 5.90. The van der Waals surface area contributed by atoms with Crippen LogP contribution in [-0.4, -0.2) is 5.38 Å². The topological polar surface area (TPSA) is 0 Å². The summed E-state index contributed by atoms with van der Waals surface area (Å²) >= 11 is 5.90. The molecule has 1 fully saturated rings. The monoisotopic (exact) mass is 168 g/mol. The lowest BCUT2D eigenvalue weighted by Gasteiger charge is -2.09. The van der Waals surface area contributed by atoms with E-state index < -0.39 is 0 Å². The minimum Gasteiger partial charge on any atom is -0.118 e. The van der Waals surface area contributed by atoms with Crippen LogP contribution in [0.1, 0.15) is 25.7 Å². The first-order chi connectivity index (χ1) is 5.34. The van der Waals surface area contributed by atoms with Gasteiger partial charge in [0.05, 0.1) is 5.38 Å². The molecule has 0 aromatic carbocycles. The molecule has 1 heteroatoms. The molecule has 11 heavy (non-hydrogen) atoms. The Morgan fingerprint density at radius 3 is 2.82 bits per heavy atom. The molecule has 1 atom stereocenters. The Hall–Kier alpha value is -0.230. The number of hydrogen-bond acceptors (Lipinski definition) is 0. The molecule has 0 aromatic heterocycles. The van der Waals surface area contributed by atoms with Crippen molar-refractivity contribution in [1.29, 1.82) is 0 Å². The molecular weight excluding hydrogens is 156 g/mol. The minimum absolute atomic E-state index is 0.248. The Balaban J connectivity index is 1.89. The molecule has 0 N–H and O–H groups in total. The average Bonchev–Trinajstić information content (AvgIpc) is 2.78. The van der Waals surface area contributed by atoms with Gasteiger partial charge in [0, 0.05) is 0 Å². The lowest BCUT2D eigenvalue weighted by Crippen LogP contribution is -1.97. The maximum atomic E-state index is 5.90. The van der Waals surface area contributed by atoms with E-state index in [9.17, 15) is 0 Å². The molecule has 2 aliphatic rings. The van der Waals surface area contributed by atoms with E-state index in [1.165, 1.54) is 24.8 Å². The average molecular weight is 169 g/mol. The van der Waals surface area contributed by atoms with Crippen LogP contribution >= 0.6 is 11.6 Å². The maximum Gasteiger partial charge on any atom is 0.0553 e. The molecular formula is C10H13Cl. The third-order valence-electron chi connectivity index (χ3n) is 2.35. The van der Waals surface area contributed by atoms with E-state index in [2.05, 4.69) is 18.2 Å². The molecule has 0 nitrogen and oxygen atoms in total. The Morgan fingerprint density at radius 2 is 2.27 bits per heavy atom. The third-order valence-corrected chi connectivity index (χ3v) is 2.67. The number of hydrogen-bond donors (Lipinski definition) is 0. The number of halogens is 1. The van der Waals surface area contributed by atoms with E-state index in [4.69, 9.17) is 11.6 Å². The molecule has 0 bridgehead atoms. The van der Waals surface area contributed by atoms with Crippen LogP contribution in [0.25, 0.3) is 0 Å². The second-order valence-corrected chi connectivity index (χ2v) is 4.10. The highest BCUT2D eigenvalue weighted by molar-refractivity contribution is 6.22. The first-order valence-electron chi connectivity index (χ1n) is 4.36. The van der Waals surface area contributed by atoms with Crippen LogP contribution < -0.4 is 0 Å². The van der Waals surface area contributed by atoms with Crippen molar-refractivity contribution in [3.05, 3.63) is 23.8 Å². The highest BCUT2D eigenvalue weighted by Gasteiger charge is 2.22. The fraction of sp³-hybridized carbons (Fsp3) is 0.600. The quantitative estimate of drug-likeness (QED) is 0.556. The van der Waals surface area contributed by atoms with Crippen LogP contribution in [0.3, 0.4) is 0 Å². The molecule has 0 aromatic rings. The fourth-order valence-electron chi connectivity index (χ4n) is 1.45. The van der Waals surface area contributed by atoms with Crippen LogP contribution in [0.15, 0.2) is 23.8 Å². The highest BCUT2D eigenvalue weighted by Crippen LogP contribution is 2.36. The summed E-state index contributed by atoms with van der Waals surface area (Å²) in [5.41, 5.74) is 1.50. The van der Waals surface area contributed by atoms with Gasteiger partial charge < -0.3 is 0 Å². The largest absolute Gasteiger partial charge is 0.118 e.